The van der Waals surface area contributed by atoms with Gasteiger partial charge in [-0.25, -0.2) is 0 Å². The van der Waals surface area contributed by atoms with E-state index in [-0.39, 0.29) is 0 Å². The summed E-state index contributed by atoms with van der Waals surface area (Å²) in [5.41, 5.74) is 3.03. The maximum absolute atomic E-state index is 5.92. The third-order valence-electron chi connectivity index (χ3n) is 5.19. The van der Waals surface area contributed by atoms with Gasteiger partial charge in [0, 0.05) is 29.5 Å². The Morgan fingerprint density at radius 1 is 0.806 bits per heavy atom. The Morgan fingerprint density at radius 2 is 1.48 bits per heavy atom. The van der Waals surface area contributed by atoms with Crippen molar-refractivity contribution in [3.05, 3.63) is 84.4 Å². The molecule has 2 heterocycles. The molecule has 3 aromatic carbocycles. The van der Waals surface area contributed by atoms with Crippen LogP contribution in [0.4, 0.5) is 0 Å². The van der Waals surface area contributed by atoms with Crippen molar-refractivity contribution >= 4 is 16.8 Å². The zero-order valence-electron chi connectivity index (χ0n) is 17.2. The van der Waals surface area contributed by atoms with E-state index in [0.29, 0.717) is 13.2 Å². The highest BCUT2D eigenvalue weighted by Crippen LogP contribution is 2.28. The number of rotatable bonds is 8. The highest BCUT2D eigenvalue weighted by atomic mass is 16.5. The van der Waals surface area contributed by atoms with E-state index >= 15 is 0 Å². The molecule has 0 spiro atoms. The van der Waals surface area contributed by atoms with E-state index in [1.807, 2.05) is 66.7 Å². The minimum Gasteiger partial charge on any atom is -0.493 e. The number of nitrogens with one attached hydrogen (secondary N) is 1. The lowest BCUT2D eigenvalue weighted by Gasteiger charge is -2.09. The topological polar surface area (TPSA) is 56.0 Å². The van der Waals surface area contributed by atoms with Crippen LogP contribution in [0.5, 0.6) is 11.5 Å². The molecule has 0 saturated heterocycles. The fourth-order valence-corrected chi connectivity index (χ4v) is 3.58. The number of hydrogen-bond donors (Lipinski definition) is 1. The van der Waals surface area contributed by atoms with Crippen molar-refractivity contribution in [1.29, 1.82) is 0 Å². The molecule has 1 N–H and O–H groups in total. The van der Waals surface area contributed by atoms with Crippen molar-refractivity contribution in [1.82, 2.24) is 5.32 Å². The van der Waals surface area contributed by atoms with E-state index in [1.54, 1.807) is 0 Å². The van der Waals surface area contributed by atoms with Crippen LogP contribution < -0.4 is 14.8 Å². The third-order valence-corrected chi connectivity index (χ3v) is 5.19. The monoisotopic (exact) mass is 412 g/mol. The summed E-state index contributed by atoms with van der Waals surface area (Å²) in [7, 11) is 0. The molecule has 156 valence electrons. The molecule has 0 atom stereocenters. The molecule has 1 aliphatic rings. The zero-order valence-corrected chi connectivity index (χ0v) is 17.2. The van der Waals surface area contributed by atoms with Gasteiger partial charge in [0.25, 0.3) is 0 Å². The van der Waals surface area contributed by atoms with Gasteiger partial charge in [-0.15, -0.1) is 0 Å². The highest BCUT2D eigenvalue weighted by Gasteiger charge is 2.08. The first-order valence-electron chi connectivity index (χ1n) is 10.6. The second-order valence-electron chi connectivity index (χ2n) is 7.40. The van der Waals surface area contributed by atoms with Crippen LogP contribution in [0.15, 0.2) is 88.3 Å². The minimum atomic E-state index is 0.600. The van der Waals surface area contributed by atoms with E-state index < -0.39 is 0 Å². The van der Waals surface area contributed by atoms with Gasteiger partial charge in [0.15, 0.2) is 0 Å². The second kappa shape index (κ2) is 8.96. The molecule has 0 amide bonds. The molecule has 31 heavy (non-hydrogen) atoms. The lowest BCUT2D eigenvalue weighted by Crippen LogP contribution is -2.19. The molecule has 1 aromatic heterocycles. The molecule has 0 bridgehead atoms. The number of aliphatic imine (C=N–C) groups is 1. The van der Waals surface area contributed by atoms with Gasteiger partial charge in [-0.2, -0.15) is 0 Å². The second-order valence-corrected chi connectivity index (χ2v) is 7.40. The van der Waals surface area contributed by atoms with Crippen LogP contribution in [0.25, 0.3) is 22.3 Å². The molecule has 0 radical (unpaired) electrons. The molecule has 0 fully saturated rings. The maximum atomic E-state index is 5.92. The predicted octanol–water partition coefficient (Wildman–Crippen LogP) is 5.30. The van der Waals surface area contributed by atoms with Crippen molar-refractivity contribution in [2.24, 2.45) is 4.99 Å². The fourth-order valence-electron chi connectivity index (χ4n) is 3.58. The number of fused-ring (bicyclic) bond motifs is 1. The Balaban J connectivity index is 1.07. The van der Waals surface area contributed by atoms with Gasteiger partial charge in [-0.3, -0.25) is 4.99 Å². The smallest absolute Gasteiger partial charge is 0.135 e. The van der Waals surface area contributed by atoms with Gasteiger partial charge in [0.2, 0.25) is 0 Å². The van der Waals surface area contributed by atoms with Gasteiger partial charge < -0.3 is 19.2 Å². The molecule has 4 aromatic rings. The fraction of sp³-hybridized carbons (Fsp3) is 0.192. The Labute approximate surface area is 181 Å². The van der Waals surface area contributed by atoms with E-state index in [0.717, 1.165) is 64.7 Å². The quantitative estimate of drug-likeness (QED) is 0.399. The van der Waals surface area contributed by atoms with Crippen molar-refractivity contribution in [3.63, 3.8) is 0 Å². The van der Waals surface area contributed by atoms with Crippen LogP contribution in [0.1, 0.15) is 12.0 Å². The number of amidine groups is 1. The highest BCUT2D eigenvalue weighted by molar-refractivity contribution is 5.99. The molecule has 5 nitrogen and oxygen atoms in total. The summed E-state index contributed by atoms with van der Waals surface area (Å²) in [5.74, 6) is 3.53. The molecule has 0 unspecified atom stereocenters. The number of furan rings is 1. The summed E-state index contributed by atoms with van der Waals surface area (Å²) < 4.78 is 17.6. The number of hydrogen-bond acceptors (Lipinski definition) is 5. The van der Waals surface area contributed by atoms with Gasteiger partial charge >= 0.3 is 0 Å². The van der Waals surface area contributed by atoms with Gasteiger partial charge in [0.05, 0.1) is 19.8 Å². The first-order valence-corrected chi connectivity index (χ1v) is 10.6. The van der Waals surface area contributed by atoms with Crippen LogP contribution in [0.2, 0.25) is 0 Å². The summed E-state index contributed by atoms with van der Waals surface area (Å²) >= 11 is 0. The van der Waals surface area contributed by atoms with Crippen LogP contribution in [-0.2, 0) is 0 Å². The lowest BCUT2D eigenvalue weighted by atomic mass is 10.1. The Morgan fingerprint density at radius 3 is 2.13 bits per heavy atom. The van der Waals surface area contributed by atoms with E-state index in [2.05, 4.69) is 22.4 Å². The Kier molecular flexibility index (Phi) is 5.56. The lowest BCUT2D eigenvalue weighted by molar-refractivity contribution is 0.247. The molecular formula is C26H24N2O3. The largest absolute Gasteiger partial charge is 0.493 e. The molecule has 5 heteroatoms. The van der Waals surface area contributed by atoms with Gasteiger partial charge in [-0.1, -0.05) is 18.2 Å². The van der Waals surface area contributed by atoms with Crippen LogP contribution in [0, 0.1) is 0 Å². The third kappa shape index (κ3) is 4.56. The Hall–Kier alpha value is -3.73. The normalized spacial score (nSPS) is 13.1. The van der Waals surface area contributed by atoms with E-state index in [9.17, 15) is 0 Å². The standard InChI is InChI=1S/C26H24N2O3/c1-2-5-24-21(4-1)18-25(31-24)19-6-10-22(11-7-19)29-16-3-17-30-23-12-8-20(9-13-23)26-27-14-15-28-26/h1-2,4-13,18H,3,14-17H2,(H,27,28). The van der Waals surface area contributed by atoms with Crippen molar-refractivity contribution in [2.45, 2.75) is 6.42 Å². The summed E-state index contributed by atoms with van der Waals surface area (Å²) in [5, 5.41) is 4.38. The average molecular weight is 412 g/mol. The van der Waals surface area contributed by atoms with E-state index in [4.69, 9.17) is 13.9 Å². The van der Waals surface area contributed by atoms with Crippen molar-refractivity contribution < 1.29 is 13.9 Å². The molecule has 0 saturated carbocycles. The first kappa shape index (κ1) is 19.2. The summed E-state index contributed by atoms with van der Waals surface area (Å²) in [6.45, 7) is 2.96. The molecular weight excluding hydrogens is 388 g/mol. The summed E-state index contributed by atoms with van der Waals surface area (Å²) in [6.07, 6.45) is 0.807. The molecule has 0 aliphatic carbocycles. The van der Waals surface area contributed by atoms with Crippen molar-refractivity contribution in [2.75, 3.05) is 26.3 Å². The van der Waals surface area contributed by atoms with Crippen LogP contribution in [-0.4, -0.2) is 32.1 Å². The summed E-state index contributed by atoms with van der Waals surface area (Å²) in [6, 6.07) is 26.1. The van der Waals surface area contributed by atoms with Gasteiger partial charge in [0.1, 0.15) is 28.7 Å². The Bertz CT molecular complexity index is 1140. The zero-order chi connectivity index (χ0) is 20.9. The molecule has 1 aliphatic heterocycles. The minimum absolute atomic E-state index is 0.600. The maximum Gasteiger partial charge on any atom is 0.135 e. The van der Waals surface area contributed by atoms with Crippen LogP contribution >= 0.6 is 0 Å². The predicted molar refractivity (Wildman–Crippen MR) is 123 cm³/mol. The first-order chi connectivity index (χ1) is 15.3. The van der Waals surface area contributed by atoms with E-state index in [1.165, 1.54) is 0 Å². The SMILES string of the molecule is c1ccc2oc(-c3ccc(OCCCOc4ccc(C5=NCCN5)cc4)cc3)cc2c1. The summed E-state index contributed by atoms with van der Waals surface area (Å²) in [4.78, 5) is 4.43. The average Bonchev–Trinajstić information content (AvgIpc) is 3.50. The van der Waals surface area contributed by atoms with Crippen molar-refractivity contribution in [3.8, 4) is 22.8 Å². The van der Waals surface area contributed by atoms with Gasteiger partial charge in [-0.05, 0) is 60.7 Å². The number of ether oxygens (including phenoxy) is 2. The number of nitrogens with zero attached hydrogens (tertiary/aromatic N) is 1. The number of benzene rings is 3. The van der Waals surface area contributed by atoms with Crippen LogP contribution in [0.3, 0.4) is 0 Å². The number of para-hydroxylation sites is 1. The molecule has 5 rings (SSSR count).